The molecule has 0 aromatic carbocycles. The number of hydrogen-bond acceptors (Lipinski definition) is 3. The molecule has 1 fully saturated rings. The molecule has 0 bridgehead atoms. The first-order valence-corrected chi connectivity index (χ1v) is 7.35. The third kappa shape index (κ3) is 6.29. The van der Waals surface area contributed by atoms with E-state index in [0.717, 1.165) is 32.2 Å². The average molecular weight is 281 g/mol. The van der Waals surface area contributed by atoms with Gasteiger partial charge in [0, 0.05) is 19.5 Å². The summed E-state index contributed by atoms with van der Waals surface area (Å²) in [6, 6.07) is 0. The number of rotatable bonds is 2. The van der Waals surface area contributed by atoms with Gasteiger partial charge in [0.25, 0.3) is 0 Å². The van der Waals surface area contributed by atoms with E-state index in [4.69, 9.17) is 9.84 Å². The van der Waals surface area contributed by atoms with Crippen molar-refractivity contribution in [3.05, 3.63) is 0 Å². The molecule has 0 atom stereocenters. The van der Waals surface area contributed by atoms with E-state index in [1.165, 1.54) is 0 Å². The van der Waals surface area contributed by atoms with Crippen molar-refractivity contribution in [3.63, 3.8) is 0 Å². The first kappa shape index (κ1) is 16.8. The highest BCUT2D eigenvalue weighted by Gasteiger charge is 2.25. The van der Waals surface area contributed by atoms with Crippen LogP contribution in [0.3, 0.4) is 0 Å². The number of ether oxygens (including phenoxy) is 1. The van der Waals surface area contributed by atoms with Gasteiger partial charge in [-0.2, -0.15) is 0 Å². The maximum Gasteiger partial charge on any atom is 0.410 e. The Labute approximate surface area is 122 Å². The molecule has 1 saturated carbocycles. The van der Waals surface area contributed by atoms with Crippen molar-refractivity contribution in [3.8, 4) is 11.8 Å². The normalized spacial score (nSPS) is 22.6. The van der Waals surface area contributed by atoms with Gasteiger partial charge in [0.15, 0.2) is 0 Å². The third-order valence-electron chi connectivity index (χ3n) is 3.47. The quantitative estimate of drug-likeness (QED) is 0.792. The fourth-order valence-corrected chi connectivity index (χ4v) is 2.48. The fraction of sp³-hybridized carbons (Fsp3) is 0.812. The lowest BCUT2D eigenvalue weighted by atomic mass is 9.82. The van der Waals surface area contributed by atoms with Crippen LogP contribution in [0.25, 0.3) is 0 Å². The average Bonchev–Trinajstić information content (AvgIpc) is 2.36. The number of hydrogen-bond donors (Lipinski definition) is 1. The van der Waals surface area contributed by atoms with Crippen LogP contribution in [0.2, 0.25) is 0 Å². The topological polar surface area (TPSA) is 49.8 Å². The maximum absolute atomic E-state index is 11.9. The molecule has 0 saturated heterocycles. The predicted molar refractivity (Wildman–Crippen MR) is 79.2 cm³/mol. The Bertz CT molecular complexity index is 367. The van der Waals surface area contributed by atoms with E-state index in [9.17, 15) is 4.79 Å². The van der Waals surface area contributed by atoms with Gasteiger partial charge in [-0.15, -0.1) is 0 Å². The zero-order valence-electron chi connectivity index (χ0n) is 13.1. The minimum atomic E-state index is -0.442. The highest BCUT2D eigenvalue weighted by Crippen LogP contribution is 2.29. The van der Waals surface area contributed by atoms with E-state index < -0.39 is 5.60 Å². The zero-order valence-corrected chi connectivity index (χ0v) is 13.1. The van der Waals surface area contributed by atoms with E-state index in [1.54, 1.807) is 11.9 Å². The van der Waals surface area contributed by atoms with Crippen LogP contribution in [0.15, 0.2) is 0 Å². The first-order valence-electron chi connectivity index (χ1n) is 7.35. The van der Waals surface area contributed by atoms with Crippen molar-refractivity contribution >= 4 is 6.09 Å². The SMILES string of the molecule is CN(CC1CCC(C#CCO)CC1)C(=O)OC(C)(C)C. The molecule has 1 aliphatic rings. The molecule has 114 valence electrons. The Balaban J connectivity index is 2.34. The number of aliphatic hydroxyl groups excluding tert-OH is 1. The monoisotopic (exact) mass is 281 g/mol. The van der Waals surface area contributed by atoms with Gasteiger partial charge < -0.3 is 14.7 Å². The number of carbonyl (C=O) groups is 1. The van der Waals surface area contributed by atoms with Gasteiger partial charge >= 0.3 is 6.09 Å². The molecular formula is C16H27NO3. The lowest BCUT2D eigenvalue weighted by Crippen LogP contribution is -2.37. The Morgan fingerprint density at radius 2 is 1.90 bits per heavy atom. The van der Waals surface area contributed by atoms with Gasteiger partial charge in [0.2, 0.25) is 0 Å². The summed E-state index contributed by atoms with van der Waals surface area (Å²) in [7, 11) is 1.80. The van der Waals surface area contributed by atoms with Crippen molar-refractivity contribution in [1.29, 1.82) is 0 Å². The Hall–Kier alpha value is -1.21. The first-order chi connectivity index (χ1) is 9.31. The molecule has 4 nitrogen and oxygen atoms in total. The van der Waals surface area contributed by atoms with Gasteiger partial charge in [0.1, 0.15) is 12.2 Å². The van der Waals surface area contributed by atoms with Gasteiger partial charge in [-0.25, -0.2) is 4.79 Å². The summed E-state index contributed by atoms with van der Waals surface area (Å²) in [5.74, 6) is 6.77. The van der Waals surface area contributed by atoms with Crippen LogP contribution in [0.1, 0.15) is 46.5 Å². The Kier molecular flexibility index (Phi) is 6.35. The molecule has 20 heavy (non-hydrogen) atoms. The minimum Gasteiger partial charge on any atom is -0.444 e. The van der Waals surface area contributed by atoms with Crippen LogP contribution in [0, 0.1) is 23.7 Å². The molecule has 4 heteroatoms. The molecule has 0 aromatic heterocycles. The Morgan fingerprint density at radius 3 is 2.40 bits per heavy atom. The van der Waals surface area contributed by atoms with Gasteiger partial charge in [-0.1, -0.05) is 11.8 Å². The highest BCUT2D eigenvalue weighted by molar-refractivity contribution is 5.67. The van der Waals surface area contributed by atoms with Crippen molar-refractivity contribution in [2.75, 3.05) is 20.2 Å². The summed E-state index contributed by atoms with van der Waals surface area (Å²) in [4.78, 5) is 13.6. The highest BCUT2D eigenvalue weighted by atomic mass is 16.6. The van der Waals surface area contributed by atoms with Crippen LogP contribution in [-0.2, 0) is 4.74 Å². The summed E-state index contributed by atoms with van der Waals surface area (Å²) in [5.41, 5.74) is -0.442. The fourth-order valence-electron chi connectivity index (χ4n) is 2.48. The van der Waals surface area contributed by atoms with Crippen molar-refractivity contribution in [1.82, 2.24) is 4.90 Å². The standard InChI is InChI=1S/C16H27NO3/c1-16(2,3)20-15(19)17(4)12-14-9-7-13(8-10-14)6-5-11-18/h13-14,18H,7-12H2,1-4H3. The summed E-state index contributed by atoms with van der Waals surface area (Å²) < 4.78 is 5.35. The zero-order chi connectivity index (χ0) is 15.2. The molecular weight excluding hydrogens is 254 g/mol. The second-order valence-electron chi connectivity index (χ2n) is 6.56. The van der Waals surface area contributed by atoms with Crippen LogP contribution in [0.4, 0.5) is 4.79 Å². The third-order valence-corrected chi connectivity index (χ3v) is 3.47. The number of aliphatic hydroxyl groups is 1. The Morgan fingerprint density at radius 1 is 1.30 bits per heavy atom. The molecule has 0 heterocycles. The smallest absolute Gasteiger partial charge is 0.410 e. The molecule has 1 amide bonds. The molecule has 0 aliphatic heterocycles. The second-order valence-corrected chi connectivity index (χ2v) is 6.56. The summed E-state index contributed by atoms with van der Waals surface area (Å²) in [5, 5.41) is 8.69. The minimum absolute atomic E-state index is 0.0543. The lowest BCUT2D eigenvalue weighted by Gasteiger charge is -2.30. The number of amides is 1. The molecule has 1 rings (SSSR count). The van der Waals surface area contributed by atoms with Gasteiger partial charge in [0.05, 0.1) is 0 Å². The van der Waals surface area contributed by atoms with E-state index >= 15 is 0 Å². The number of nitrogens with zero attached hydrogens (tertiary/aromatic N) is 1. The van der Waals surface area contributed by atoms with E-state index in [2.05, 4.69) is 11.8 Å². The molecule has 1 N–H and O–H groups in total. The largest absolute Gasteiger partial charge is 0.444 e. The maximum atomic E-state index is 11.9. The van der Waals surface area contributed by atoms with Crippen molar-refractivity contribution in [2.45, 2.75) is 52.1 Å². The van der Waals surface area contributed by atoms with Crippen LogP contribution >= 0.6 is 0 Å². The summed E-state index contributed by atoms with van der Waals surface area (Å²) >= 11 is 0. The van der Waals surface area contributed by atoms with E-state index in [0.29, 0.717) is 11.8 Å². The molecule has 0 spiro atoms. The molecule has 1 aliphatic carbocycles. The molecule has 0 aromatic rings. The lowest BCUT2D eigenvalue weighted by molar-refractivity contribution is 0.0260. The van der Waals surface area contributed by atoms with Crippen molar-refractivity contribution in [2.24, 2.45) is 11.8 Å². The second kappa shape index (κ2) is 7.54. The summed E-state index contributed by atoms with van der Waals surface area (Å²) in [6.45, 7) is 6.33. The van der Waals surface area contributed by atoms with E-state index in [-0.39, 0.29) is 12.7 Å². The molecule has 0 unspecified atom stereocenters. The van der Waals surface area contributed by atoms with Gasteiger partial charge in [-0.05, 0) is 52.4 Å². The van der Waals surface area contributed by atoms with Crippen LogP contribution in [-0.4, -0.2) is 41.9 Å². The molecule has 0 radical (unpaired) electrons. The van der Waals surface area contributed by atoms with Crippen LogP contribution in [0.5, 0.6) is 0 Å². The van der Waals surface area contributed by atoms with E-state index in [1.807, 2.05) is 20.8 Å². The predicted octanol–water partition coefficient (Wildman–Crippen LogP) is 2.66. The summed E-state index contributed by atoms with van der Waals surface area (Å²) in [6.07, 6.45) is 4.02. The van der Waals surface area contributed by atoms with Crippen molar-refractivity contribution < 1.29 is 14.6 Å². The van der Waals surface area contributed by atoms with Gasteiger partial charge in [-0.3, -0.25) is 0 Å². The van der Waals surface area contributed by atoms with Crippen LogP contribution < -0.4 is 0 Å². The number of carbonyl (C=O) groups excluding carboxylic acids is 1.